The number of pyridine rings is 3. The molecular formula is C26H21FN8. The molecule has 6 aromatic rings. The van der Waals surface area contributed by atoms with Crippen LogP contribution in [0.1, 0.15) is 13.8 Å². The third kappa shape index (κ3) is 3.86. The lowest BCUT2D eigenvalue weighted by Gasteiger charge is -2.10. The van der Waals surface area contributed by atoms with Crippen LogP contribution < -0.4 is 5.32 Å². The van der Waals surface area contributed by atoms with Crippen LogP contribution in [-0.2, 0) is 0 Å². The second kappa shape index (κ2) is 8.28. The summed E-state index contributed by atoms with van der Waals surface area (Å²) in [6.07, 6.45) is 8.87. The Kier molecular flexibility index (Phi) is 4.95. The first-order chi connectivity index (χ1) is 17.0. The Morgan fingerprint density at radius 3 is 2.51 bits per heavy atom. The van der Waals surface area contributed by atoms with Gasteiger partial charge in [-0.3, -0.25) is 15.1 Å². The third-order valence-corrected chi connectivity index (χ3v) is 5.72. The van der Waals surface area contributed by atoms with Gasteiger partial charge in [-0.15, -0.1) is 0 Å². The van der Waals surface area contributed by atoms with Crippen LogP contribution in [0.3, 0.4) is 0 Å². The molecule has 6 rings (SSSR count). The van der Waals surface area contributed by atoms with E-state index in [1.165, 1.54) is 12.1 Å². The largest absolute Gasteiger partial charge is 0.382 e. The fourth-order valence-corrected chi connectivity index (χ4v) is 4.14. The van der Waals surface area contributed by atoms with Gasteiger partial charge in [-0.05, 0) is 43.7 Å². The Labute approximate surface area is 199 Å². The summed E-state index contributed by atoms with van der Waals surface area (Å²) in [5.74, 6) is 0.304. The van der Waals surface area contributed by atoms with Crippen LogP contribution in [-0.4, -0.2) is 41.2 Å². The molecule has 35 heavy (non-hydrogen) atoms. The summed E-state index contributed by atoms with van der Waals surface area (Å²) in [5, 5.41) is 11.7. The van der Waals surface area contributed by atoms with Crippen LogP contribution in [0.5, 0.6) is 0 Å². The van der Waals surface area contributed by atoms with Gasteiger partial charge in [0.25, 0.3) is 0 Å². The molecule has 9 heteroatoms. The van der Waals surface area contributed by atoms with Crippen LogP contribution >= 0.6 is 0 Å². The molecule has 0 aliphatic heterocycles. The molecule has 0 saturated carbocycles. The molecule has 0 fully saturated rings. The average molecular weight is 465 g/mol. The van der Waals surface area contributed by atoms with Crippen molar-refractivity contribution in [2.75, 3.05) is 5.32 Å². The smallest absolute Gasteiger partial charge is 0.159 e. The van der Waals surface area contributed by atoms with E-state index in [-0.39, 0.29) is 5.82 Å². The molecule has 0 aliphatic carbocycles. The third-order valence-electron chi connectivity index (χ3n) is 5.72. The fourth-order valence-electron chi connectivity index (χ4n) is 4.14. The number of halogens is 1. The van der Waals surface area contributed by atoms with Crippen LogP contribution in [0.2, 0.25) is 0 Å². The predicted octanol–water partition coefficient (Wildman–Crippen LogP) is 5.58. The predicted molar refractivity (Wildman–Crippen MR) is 134 cm³/mol. The zero-order valence-electron chi connectivity index (χ0n) is 19.0. The van der Waals surface area contributed by atoms with E-state index < -0.39 is 0 Å². The highest BCUT2D eigenvalue weighted by molar-refractivity contribution is 5.96. The summed E-state index contributed by atoms with van der Waals surface area (Å²) in [6, 6.07) is 10.7. The normalized spacial score (nSPS) is 11.5. The van der Waals surface area contributed by atoms with E-state index in [1.807, 2.05) is 12.3 Å². The van der Waals surface area contributed by atoms with Crippen molar-refractivity contribution in [1.82, 2.24) is 35.1 Å². The number of hydrogen-bond acceptors (Lipinski definition) is 6. The molecule has 8 nitrogen and oxygen atoms in total. The summed E-state index contributed by atoms with van der Waals surface area (Å²) < 4.78 is 13.4. The van der Waals surface area contributed by atoms with Crippen LogP contribution in [0.4, 0.5) is 10.1 Å². The molecule has 1 aromatic carbocycles. The number of hydrogen-bond donors (Lipinski definition) is 3. The lowest BCUT2D eigenvalue weighted by atomic mass is 10.1. The first kappa shape index (κ1) is 20.9. The summed E-state index contributed by atoms with van der Waals surface area (Å²) in [6.45, 7) is 4.17. The number of nitrogens with zero attached hydrogens (tertiary/aromatic N) is 5. The average Bonchev–Trinajstić information content (AvgIpc) is 3.48. The van der Waals surface area contributed by atoms with E-state index >= 15 is 0 Å². The van der Waals surface area contributed by atoms with E-state index in [0.717, 1.165) is 44.4 Å². The monoisotopic (exact) mass is 464 g/mol. The SMILES string of the molecule is CC(C)Nc1cncc(-c2cnc3[nH]nc(-c4nc5c(-c6ccc(F)cc6)cncc5[nH]4)c3c2)c1. The van der Waals surface area contributed by atoms with Crippen LogP contribution in [0.25, 0.3) is 55.8 Å². The highest BCUT2D eigenvalue weighted by Crippen LogP contribution is 2.32. The van der Waals surface area contributed by atoms with E-state index in [4.69, 9.17) is 4.98 Å². The second-order valence-corrected chi connectivity index (χ2v) is 8.63. The van der Waals surface area contributed by atoms with Gasteiger partial charge in [-0.25, -0.2) is 14.4 Å². The van der Waals surface area contributed by atoms with E-state index in [1.54, 1.807) is 36.9 Å². The molecule has 3 N–H and O–H groups in total. The van der Waals surface area contributed by atoms with Crippen molar-refractivity contribution in [3.63, 3.8) is 0 Å². The molecule has 0 unspecified atom stereocenters. The minimum Gasteiger partial charge on any atom is -0.382 e. The lowest BCUT2D eigenvalue weighted by molar-refractivity contribution is 0.628. The molecule has 0 saturated heterocycles. The molecule has 0 radical (unpaired) electrons. The zero-order chi connectivity index (χ0) is 23.9. The molecule has 5 aromatic heterocycles. The number of fused-ring (bicyclic) bond motifs is 2. The highest BCUT2D eigenvalue weighted by Gasteiger charge is 2.17. The minimum atomic E-state index is -0.288. The Balaban J connectivity index is 1.44. The topological polar surface area (TPSA) is 108 Å². The quantitative estimate of drug-likeness (QED) is 0.307. The van der Waals surface area contributed by atoms with Crippen molar-refractivity contribution in [2.45, 2.75) is 19.9 Å². The maximum Gasteiger partial charge on any atom is 0.159 e. The number of benzene rings is 1. The number of imidazole rings is 1. The first-order valence-electron chi connectivity index (χ1n) is 11.2. The van der Waals surface area contributed by atoms with Crippen molar-refractivity contribution >= 4 is 27.8 Å². The Morgan fingerprint density at radius 1 is 0.886 bits per heavy atom. The number of anilines is 1. The van der Waals surface area contributed by atoms with Crippen LogP contribution in [0, 0.1) is 5.82 Å². The van der Waals surface area contributed by atoms with Crippen molar-refractivity contribution in [1.29, 1.82) is 0 Å². The van der Waals surface area contributed by atoms with Gasteiger partial charge >= 0.3 is 0 Å². The maximum absolute atomic E-state index is 13.4. The number of aromatic nitrogens is 7. The Bertz CT molecular complexity index is 1670. The number of rotatable bonds is 5. The van der Waals surface area contributed by atoms with Crippen molar-refractivity contribution in [3.8, 4) is 33.8 Å². The molecule has 0 atom stereocenters. The Morgan fingerprint density at radius 2 is 1.69 bits per heavy atom. The number of nitrogens with one attached hydrogen (secondary N) is 3. The van der Waals surface area contributed by atoms with Gasteiger partial charge in [0.05, 0.1) is 28.3 Å². The summed E-state index contributed by atoms with van der Waals surface area (Å²) >= 11 is 0. The van der Waals surface area contributed by atoms with Gasteiger partial charge < -0.3 is 10.3 Å². The molecule has 0 amide bonds. The summed E-state index contributed by atoms with van der Waals surface area (Å²) in [4.78, 5) is 21.4. The second-order valence-electron chi connectivity index (χ2n) is 8.63. The minimum absolute atomic E-state index is 0.288. The fraction of sp³-hybridized carbons (Fsp3) is 0.115. The van der Waals surface area contributed by atoms with Crippen molar-refractivity contribution < 1.29 is 4.39 Å². The molecule has 0 spiro atoms. The van der Waals surface area contributed by atoms with Gasteiger partial charge in [0.1, 0.15) is 11.5 Å². The number of aromatic amines is 2. The first-order valence-corrected chi connectivity index (χ1v) is 11.2. The molecule has 5 heterocycles. The molecule has 0 bridgehead atoms. The zero-order valence-corrected chi connectivity index (χ0v) is 19.0. The van der Waals surface area contributed by atoms with Gasteiger partial charge in [0.2, 0.25) is 0 Å². The van der Waals surface area contributed by atoms with Gasteiger partial charge in [0, 0.05) is 47.5 Å². The number of H-pyrrole nitrogens is 2. The summed E-state index contributed by atoms with van der Waals surface area (Å²) in [5.41, 5.74) is 7.27. The standard InChI is InChI=1S/C26H21FN8/c1-14(2)31-19-7-16(9-28-11-19)17-8-20-24(34-35-25(20)30-10-17)26-32-22-13-29-12-21(23(22)33-26)15-3-5-18(27)6-4-15/h3-14,31H,1-2H3,(H,32,33)(H,30,34,35). The van der Waals surface area contributed by atoms with Crippen LogP contribution in [0.15, 0.2) is 67.4 Å². The van der Waals surface area contributed by atoms with Crippen molar-refractivity contribution in [2.24, 2.45) is 0 Å². The molecular weight excluding hydrogens is 443 g/mol. The van der Waals surface area contributed by atoms with Crippen molar-refractivity contribution in [3.05, 3.63) is 73.2 Å². The van der Waals surface area contributed by atoms with Gasteiger partial charge in [-0.1, -0.05) is 12.1 Å². The van der Waals surface area contributed by atoms with E-state index in [0.29, 0.717) is 23.2 Å². The van der Waals surface area contributed by atoms with E-state index in [2.05, 4.69) is 55.4 Å². The highest BCUT2D eigenvalue weighted by atomic mass is 19.1. The Hall–Kier alpha value is -4.66. The maximum atomic E-state index is 13.4. The molecule has 172 valence electrons. The lowest BCUT2D eigenvalue weighted by Crippen LogP contribution is -2.09. The van der Waals surface area contributed by atoms with E-state index in [9.17, 15) is 4.39 Å². The molecule has 0 aliphatic rings. The van der Waals surface area contributed by atoms with Gasteiger partial charge in [0.15, 0.2) is 11.5 Å². The van der Waals surface area contributed by atoms with Gasteiger partial charge in [-0.2, -0.15) is 5.10 Å². The summed E-state index contributed by atoms with van der Waals surface area (Å²) in [7, 11) is 0.